The van der Waals surface area contributed by atoms with Crippen molar-refractivity contribution in [3.8, 4) is 0 Å². The highest BCUT2D eigenvalue weighted by atomic mass is 32.1. The topological polar surface area (TPSA) is 55.6 Å². The number of thiocarbonyl (C=S) groups is 1. The average Bonchev–Trinajstić information content (AvgIpc) is 3.01. The van der Waals surface area contributed by atoms with Crippen LogP contribution in [-0.2, 0) is 9.53 Å². The molecule has 0 heterocycles. The average molecular weight is 244 g/mol. The number of nitrogens with two attached hydrogens (primary N) is 1. The summed E-state index contributed by atoms with van der Waals surface area (Å²) in [6, 6.07) is 0. The van der Waals surface area contributed by atoms with E-state index in [9.17, 15) is 4.79 Å². The fourth-order valence-corrected chi connectivity index (χ4v) is 1.60. The highest BCUT2D eigenvalue weighted by Crippen LogP contribution is 2.32. The van der Waals surface area contributed by atoms with Gasteiger partial charge in [-0.3, -0.25) is 4.79 Å². The van der Waals surface area contributed by atoms with E-state index in [4.69, 9.17) is 22.7 Å². The third-order valence-corrected chi connectivity index (χ3v) is 2.91. The number of nitrogens with zero attached hydrogens (tertiary/aromatic N) is 1. The first-order valence-corrected chi connectivity index (χ1v) is 6.09. The molecule has 1 fully saturated rings. The number of carbonyl (C=O) groups is 1. The Morgan fingerprint density at radius 1 is 1.50 bits per heavy atom. The van der Waals surface area contributed by atoms with Gasteiger partial charge in [-0.05, 0) is 18.8 Å². The second kappa shape index (κ2) is 6.81. The molecule has 0 bridgehead atoms. The lowest BCUT2D eigenvalue weighted by Crippen LogP contribution is -2.36. The van der Waals surface area contributed by atoms with Gasteiger partial charge in [-0.2, -0.15) is 0 Å². The lowest BCUT2D eigenvalue weighted by molar-refractivity contribution is -0.132. The van der Waals surface area contributed by atoms with E-state index in [0.717, 1.165) is 0 Å². The highest BCUT2D eigenvalue weighted by molar-refractivity contribution is 7.80. The van der Waals surface area contributed by atoms with Gasteiger partial charge in [0.25, 0.3) is 0 Å². The molecule has 1 amide bonds. The summed E-state index contributed by atoms with van der Waals surface area (Å²) in [7, 11) is 1.64. The van der Waals surface area contributed by atoms with Gasteiger partial charge in [-0.25, -0.2) is 0 Å². The minimum Gasteiger partial charge on any atom is -0.393 e. The van der Waals surface area contributed by atoms with E-state index in [1.807, 2.05) is 0 Å². The summed E-state index contributed by atoms with van der Waals surface area (Å²) in [6.07, 6.45) is 3.65. The summed E-state index contributed by atoms with van der Waals surface area (Å²) < 4.78 is 4.99. The minimum absolute atomic E-state index is 0.204. The van der Waals surface area contributed by atoms with E-state index in [2.05, 4.69) is 0 Å². The molecule has 5 heteroatoms. The van der Waals surface area contributed by atoms with Gasteiger partial charge in [0.15, 0.2) is 0 Å². The molecule has 92 valence electrons. The molecule has 0 aromatic heterocycles. The Kier molecular flexibility index (Phi) is 5.69. The molecule has 0 aromatic rings. The molecule has 1 aliphatic carbocycles. The molecule has 1 rings (SSSR count). The summed E-state index contributed by atoms with van der Waals surface area (Å²) in [6.45, 7) is 1.81. The van der Waals surface area contributed by atoms with Crippen LogP contribution in [0.15, 0.2) is 0 Å². The maximum Gasteiger partial charge on any atom is 0.222 e. The number of carbonyl (C=O) groups excluding carboxylic acids is 1. The highest BCUT2D eigenvalue weighted by Gasteiger charge is 2.26. The number of ether oxygens (including phenoxy) is 1. The molecule has 0 saturated heterocycles. The number of hydrogen-bond donors (Lipinski definition) is 1. The zero-order valence-electron chi connectivity index (χ0n) is 9.78. The quantitative estimate of drug-likeness (QED) is 0.646. The van der Waals surface area contributed by atoms with Crippen molar-refractivity contribution in [2.24, 2.45) is 11.7 Å². The minimum atomic E-state index is 0.204. The third kappa shape index (κ3) is 5.42. The number of hydrogen-bond acceptors (Lipinski definition) is 3. The van der Waals surface area contributed by atoms with Crippen LogP contribution >= 0.6 is 12.2 Å². The van der Waals surface area contributed by atoms with Gasteiger partial charge in [0.05, 0.1) is 11.6 Å². The number of methoxy groups -OCH3 is 1. The molecule has 0 atom stereocenters. The Balaban J connectivity index is 2.33. The lowest BCUT2D eigenvalue weighted by atomic mass is 10.2. The van der Waals surface area contributed by atoms with Crippen molar-refractivity contribution in [3.63, 3.8) is 0 Å². The largest absolute Gasteiger partial charge is 0.393 e. The molecule has 0 unspecified atom stereocenters. The van der Waals surface area contributed by atoms with Crippen molar-refractivity contribution in [2.75, 3.05) is 26.8 Å². The molecular weight excluding hydrogens is 224 g/mol. The second-order valence-electron chi connectivity index (χ2n) is 4.24. The van der Waals surface area contributed by atoms with Crippen LogP contribution < -0.4 is 5.73 Å². The molecule has 16 heavy (non-hydrogen) atoms. The molecule has 1 aliphatic rings. The van der Waals surface area contributed by atoms with Crippen LogP contribution in [0.4, 0.5) is 0 Å². The van der Waals surface area contributed by atoms with Crippen LogP contribution in [0.1, 0.15) is 25.7 Å². The predicted molar refractivity (Wildman–Crippen MR) is 67.2 cm³/mol. The molecule has 0 spiro atoms. The van der Waals surface area contributed by atoms with E-state index in [1.165, 1.54) is 12.8 Å². The van der Waals surface area contributed by atoms with Crippen LogP contribution in [-0.4, -0.2) is 42.6 Å². The van der Waals surface area contributed by atoms with Crippen molar-refractivity contribution in [2.45, 2.75) is 25.7 Å². The van der Waals surface area contributed by atoms with Gasteiger partial charge >= 0.3 is 0 Å². The summed E-state index contributed by atoms with van der Waals surface area (Å²) >= 11 is 4.82. The zero-order chi connectivity index (χ0) is 12.0. The van der Waals surface area contributed by atoms with Crippen LogP contribution in [0.3, 0.4) is 0 Å². The molecule has 4 nitrogen and oxygen atoms in total. The molecule has 0 radical (unpaired) electrons. The first kappa shape index (κ1) is 13.4. The van der Waals surface area contributed by atoms with Gasteiger partial charge < -0.3 is 15.4 Å². The van der Waals surface area contributed by atoms with E-state index in [-0.39, 0.29) is 5.91 Å². The van der Waals surface area contributed by atoms with Crippen LogP contribution in [0.25, 0.3) is 0 Å². The normalized spacial score (nSPS) is 14.8. The summed E-state index contributed by atoms with van der Waals surface area (Å²) in [5.74, 6) is 0.818. The molecular formula is C11H20N2O2S. The fraction of sp³-hybridized carbons (Fsp3) is 0.818. The zero-order valence-corrected chi connectivity index (χ0v) is 10.6. The Morgan fingerprint density at radius 3 is 2.69 bits per heavy atom. The first-order chi connectivity index (χ1) is 7.63. The van der Waals surface area contributed by atoms with Gasteiger partial charge in [-0.15, -0.1) is 0 Å². The van der Waals surface area contributed by atoms with Crippen molar-refractivity contribution < 1.29 is 9.53 Å². The molecule has 0 aliphatic heterocycles. The second-order valence-corrected chi connectivity index (χ2v) is 4.76. The number of rotatable bonds is 8. The number of amides is 1. The maximum absolute atomic E-state index is 11.9. The van der Waals surface area contributed by atoms with Gasteiger partial charge in [0, 0.05) is 33.0 Å². The summed E-state index contributed by atoms with van der Waals surface area (Å²) in [4.78, 5) is 14.2. The van der Waals surface area contributed by atoms with Crippen LogP contribution in [0, 0.1) is 5.92 Å². The van der Waals surface area contributed by atoms with Gasteiger partial charge in [0.2, 0.25) is 5.91 Å². The van der Waals surface area contributed by atoms with Crippen molar-refractivity contribution >= 4 is 23.1 Å². The summed E-state index contributed by atoms with van der Waals surface area (Å²) in [5.41, 5.74) is 5.45. The van der Waals surface area contributed by atoms with Crippen molar-refractivity contribution in [1.29, 1.82) is 0 Å². The van der Waals surface area contributed by atoms with Crippen molar-refractivity contribution in [1.82, 2.24) is 4.90 Å². The molecule has 1 saturated carbocycles. The SMILES string of the molecule is COCCN(CCC(N)=S)C(=O)CC1CC1. The van der Waals surface area contributed by atoms with Gasteiger partial charge in [-0.1, -0.05) is 12.2 Å². The van der Waals surface area contributed by atoms with Gasteiger partial charge in [0.1, 0.15) is 0 Å². The van der Waals surface area contributed by atoms with Crippen LogP contribution in [0.2, 0.25) is 0 Å². The van der Waals surface area contributed by atoms with E-state index >= 15 is 0 Å². The Morgan fingerprint density at radius 2 is 2.19 bits per heavy atom. The van der Waals surface area contributed by atoms with Crippen molar-refractivity contribution in [3.05, 3.63) is 0 Å². The Hall–Kier alpha value is -0.680. The first-order valence-electron chi connectivity index (χ1n) is 5.68. The van der Waals surface area contributed by atoms with E-state index in [0.29, 0.717) is 43.4 Å². The standard InChI is InChI=1S/C11H20N2O2S/c1-15-7-6-13(5-4-10(12)16)11(14)8-9-2-3-9/h9H,2-8H2,1H3,(H2,12,16). The van der Waals surface area contributed by atoms with E-state index in [1.54, 1.807) is 12.0 Å². The molecule has 2 N–H and O–H groups in total. The third-order valence-electron chi connectivity index (χ3n) is 2.71. The maximum atomic E-state index is 11.9. The predicted octanol–water partition coefficient (Wildman–Crippen LogP) is 0.938. The molecule has 0 aromatic carbocycles. The Bertz CT molecular complexity index is 254. The van der Waals surface area contributed by atoms with Crippen LogP contribution in [0.5, 0.6) is 0 Å². The fourth-order valence-electron chi connectivity index (χ4n) is 1.51. The monoisotopic (exact) mass is 244 g/mol. The van der Waals surface area contributed by atoms with E-state index < -0.39 is 0 Å². The smallest absolute Gasteiger partial charge is 0.222 e. The lowest BCUT2D eigenvalue weighted by Gasteiger charge is -2.22. The Labute approximate surface area is 102 Å². The summed E-state index contributed by atoms with van der Waals surface area (Å²) in [5, 5.41) is 0.